The number of para-hydroxylation sites is 1. The van der Waals surface area contributed by atoms with Gasteiger partial charge in [-0.3, -0.25) is 4.79 Å². The minimum atomic E-state index is -0.0501. The van der Waals surface area contributed by atoms with E-state index in [1.807, 2.05) is 41.9 Å². The van der Waals surface area contributed by atoms with Crippen molar-refractivity contribution in [2.75, 3.05) is 18.5 Å². The number of carbonyl (C=O) groups is 1. The van der Waals surface area contributed by atoms with Crippen LogP contribution in [0.3, 0.4) is 0 Å². The van der Waals surface area contributed by atoms with Crippen LogP contribution in [-0.2, 0) is 11.3 Å². The molecule has 0 fully saturated rings. The van der Waals surface area contributed by atoms with E-state index in [1.165, 1.54) is 16.7 Å². The van der Waals surface area contributed by atoms with E-state index in [-0.39, 0.29) is 5.91 Å². The highest BCUT2D eigenvalue weighted by atomic mass is 32.1. The second-order valence-corrected chi connectivity index (χ2v) is 7.62. The van der Waals surface area contributed by atoms with E-state index in [9.17, 15) is 4.79 Å². The number of nitrogens with one attached hydrogen (secondary N) is 1. The predicted octanol–water partition coefficient (Wildman–Crippen LogP) is 4.56. The fourth-order valence-corrected chi connectivity index (χ4v) is 4.14. The number of thiazole rings is 1. The first-order valence-corrected chi connectivity index (χ1v) is 10.3. The molecule has 0 bridgehead atoms. The number of anilines is 1. The van der Waals surface area contributed by atoms with E-state index in [0.717, 1.165) is 28.3 Å². The SMILES string of the molecule is O=C(CCn1ccc2ccccc21)Nc1nc(-c2ccc3c(c2)OCCO3)cs1. The van der Waals surface area contributed by atoms with Gasteiger partial charge in [0.2, 0.25) is 5.91 Å². The highest BCUT2D eigenvalue weighted by Crippen LogP contribution is 2.35. The summed E-state index contributed by atoms with van der Waals surface area (Å²) in [6.45, 7) is 1.74. The molecular weight excluding hydrogens is 386 g/mol. The number of aryl methyl sites for hydroxylation is 1. The Morgan fingerprint density at radius 2 is 1.97 bits per heavy atom. The van der Waals surface area contributed by atoms with E-state index >= 15 is 0 Å². The molecule has 2 aromatic carbocycles. The maximum absolute atomic E-state index is 12.4. The second-order valence-electron chi connectivity index (χ2n) is 6.76. The molecule has 146 valence electrons. The number of nitrogens with zero attached hydrogens (tertiary/aromatic N) is 2. The topological polar surface area (TPSA) is 65.4 Å². The van der Waals surface area contributed by atoms with Crippen molar-refractivity contribution in [3.63, 3.8) is 0 Å². The largest absolute Gasteiger partial charge is 0.486 e. The summed E-state index contributed by atoms with van der Waals surface area (Å²) in [5.74, 6) is 1.43. The quantitative estimate of drug-likeness (QED) is 0.528. The average Bonchev–Trinajstić information content (AvgIpc) is 3.39. The molecule has 7 heteroatoms. The van der Waals surface area contributed by atoms with Crippen molar-refractivity contribution in [3.05, 3.63) is 60.1 Å². The third-order valence-electron chi connectivity index (χ3n) is 4.85. The number of rotatable bonds is 5. The summed E-state index contributed by atoms with van der Waals surface area (Å²) in [6.07, 6.45) is 2.40. The highest BCUT2D eigenvalue weighted by molar-refractivity contribution is 7.14. The Morgan fingerprint density at radius 3 is 2.90 bits per heavy atom. The fraction of sp³-hybridized carbons (Fsp3) is 0.182. The lowest BCUT2D eigenvalue weighted by atomic mass is 10.1. The van der Waals surface area contributed by atoms with Crippen LogP contribution < -0.4 is 14.8 Å². The average molecular weight is 405 g/mol. The summed E-state index contributed by atoms with van der Waals surface area (Å²) in [6, 6.07) is 16.0. The van der Waals surface area contributed by atoms with Crippen molar-refractivity contribution < 1.29 is 14.3 Å². The molecule has 0 unspecified atom stereocenters. The van der Waals surface area contributed by atoms with Gasteiger partial charge in [-0.25, -0.2) is 4.98 Å². The summed E-state index contributed by atoms with van der Waals surface area (Å²) in [5, 5.41) is 6.61. The van der Waals surface area contributed by atoms with Crippen LogP contribution in [0, 0.1) is 0 Å². The second kappa shape index (κ2) is 7.60. The summed E-state index contributed by atoms with van der Waals surface area (Å²) >= 11 is 1.41. The van der Waals surface area contributed by atoms with Crippen molar-refractivity contribution in [1.29, 1.82) is 0 Å². The van der Waals surface area contributed by atoms with Gasteiger partial charge < -0.3 is 19.4 Å². The Morgan fingerprint density at radius 1 is 1.10 bits per heavy atom. The summed E-state index contributed by atoms with van der Waals surface area (Å²) in [5.41, 5.74) is 2.87. The first-order valence-electron chi connectivity index (χ1n) is 9.45. The van der Waals surface area contributed by atoms with Crippen LogP contribution in [0.2, 0.25) is 0 Å². The van der Waals surface area contributed by atoms with Crippen LogP contribution in [0.15, 0.2) is 60.1 Å². The van der Waals surface area contributed by atoms with Gasteiger partial charge in [-0.1, -0.05) is 18.2 Å². The molecule has 1 aliphatic rings. The Bertz CT molecular complexity index is 1180. The Hall–Kier alpha value is -3.32. The molecule has 0 spiro atoms. The molecule has 0 atom stereocenters. The molecule has 0 aliphatic carbocycles. The van der Waals surface area contributed by atoms with E-state index in [2.05, 4.69) is 33.1 Å². The van der Waals surface area contributed by atoms with Gasteiger partial charge in [-0.2, -0.15) is 0 Å². The number of benzene rings is 2. The maximum Gasteiger partial charge on any atom is 0.227 e. The van der Waals surface area contributed by atoms with Gasteiger partial charge in [0, 0.05) is 35.6 Å². The lowest BCUT2D eigenvalue weighted by molar-refractivity contribution is -0.116. The number of fused-ring (bicyclic) bond motifs is 2. The molecule has 0 saturated heterocycles. The van der Waals surface area contributed by atoms with Gasteiger partial charge in [0.1, 0.15) is 13.2 Å². The van der Waals surface area contributed by atoms with Crippen molar-refractivity contribution in [2.45, 2.75) is 13.0 Å². The van der Waals surface area contributed by atoms with E-state index in [1.54, 1.807) is 0 Å². The maximum atomic E-state index is 12.4. The van der Waals surface area contributed by atoms with E-state index in [0.29, 0.717) is 31.3 Å². The van der Waals surface area contributed by atoms with Crippen molar-refractivity contribution in [1.82, 2.24) is 9.55 Å². The third-order valence-corrected chi connectivity index (χ3v) is 5.61. The van der Waals surface area contributed by atoms with Gasteiger partial charge in [0.25, 0.3) is 0 Å². The molecule has 5 rings (SSSR count). The zero-order valence-corrected chi connectivity index (χ0v) is 16.4. The highest BCUT2D eigenvalue weighted by Gasteiger charge is 2.14. The first kappa shape index (κ1) is 17.8. The number of carbonyl (C=O) groups excluding carboxylic acids is 1. The van der Waals surface area contributed by atoms with Crippen molar-refractivity contribution in [3.8, 4) is 22.8 Å². The van der Waals surface area contributed by atoms with Crippen LogP contribution in [0.4, 0.5) is 5.13 Å². The van der Waals surface area contributed by atoms with Crippen LogP contribution in [0.25, 0.3) is 22.2 Å². The van der Waals surface area contributed by atoms with Gasteiger partial charge in [-0.05, 0) is 35.7 Å². The van der Waals surface area contributed by atoms with E-state index in [4.69, 9.17) is 9.47 Å². The predicted molar refractivity (Wildman–Crippen MR) is 114 cm³/mol. The van der Waals surface area contributed by atoms with Crippen LogP contribution in [0.5, 0.6) is 11.5 Å². The van der Waals surface area contributed by atoms with Crippen LogP contribution >= 0.6 is 11.3 Å². The smallest absolute Gasteiger partial charge is 0.227 e. The third kappa shape index (κ3) is 3.69. The van der Waals surface area contributed by atoms with Gasteiger partial charge in [-0.15, -0.1) is 11.3 Å². The minimum Gasteiger partial charge on any atom is -0.486 e. The molecule has 1 N–H and O–H groups in total. The van der Waals surface area contributed by atoms with Gasteiger partial charge in [0.05, 0.1) is 5.69 Å². The zero-order chi connectivity index (χ0) is 19.6. The van der Waals surface area contributed by atoms with Crippen molar-refractivity contribution in [2.24, 2.45) is 0 Å². The molecule has 2 aromatic heterocycles. The van der Waals surface area contributed by atoms with Crippen LogP contribution in [0.1, 0.15) is 6.42 Å². The molecule has 4 aromatic rings. The molecule has 3 heterocycles. The molecular formula is C22H19N3O3S. The molecule has 1 aliphatic heterocycles. The Labute approximate surface area is 171 Å². The first-order chi connectivity index (χ1) is 14.3. The lowest BCUT2D eigenvalue weighted by Gasteiger charge is -2.18. The number of hydrogen-bond acceptors (Lipinski definition) is 5. The van der Waals surface area contributed by atoms with Gasteiger partial charge in [0.15, 0.2) is 16.6 Å². The summed E-state index contributed by atoms with van der Waals surface area (Å²) < 4.78 is 13.3. The molecule has 1 amide bonds. The monoisotopic (exact) mass is 405 g/mol. The van der Waals surface area contributed by atoms with Gasteiger partial charge >= 0.3 is 0 Å². The number of amides is 1. The fourth-order valence-electron chi connectivity index (χ4n) is 3.41. The van der Waals surface area contributed by atoms with E-state index < -0.39 is 0 Å². The Kier molecular flexibility index (Phi) is 4.65. The minimum absolute atomic E-state index is 0.0501. The number of ether oxygens (including phenoxy) is 2. The number of hydrogen-bond donors (Lipinski definition) is 1. The lowest BCUT2D eigenvalue weighted by Crippen LogP contribution is -2.15. The molecule has 29 heavy (non-hydrogen) atoms. The Balaban J connectivity index is 1.23. The van der Waals surface area contributed by atoms with Crippen molar-refractivity contribution >= 4 is 33.3 Å². The molecule has 0 radical (unpaired) electrons. The standard InChI is InChI=1S/C22H19N3O3S/c26-21(8-10-25-9-7-15-3-1-2-4-18(15)25)24-22-23-17(14-29-22)16-5-6-19-20(13-16)28-12-11-27-19/h1-7,9,13-14H,8,10-12H2,(H,23,24,26). The number of aromatic nitrogens is 2. The molecule has 6 nitrogen and oxygen atoms in total. The van der Waals surface area contributed by atoms with Crippen LogP contribution in [-0.4, -0.2) is 28.7 Å². The zero-order valence-electron chi connectivity index (χ0n) is 15.6. The summed E-state index contributed by atoms with van der Waals surface area (Å²) in [4.78, 5) is 16.9. The summed E-state index contributed by atoms with van der Waals surface area (Å²) in [7, 11) is 0. The molecule has 0 saturated carbocycles. The normalized spacial score (nSPS) is 12.8.